The van der Waals surface area contributed by atoms with Gasteiger partial charge in [-0.3, -0.25) is 0 Å². The Bertz CT molecular complexity index is 1150. The molecule has 0 amide bonds. The summed E-state index contributed by atoms with van der Waals surface area (Å²) in [6.45, 7) is 4.44. The zero-order valence-electron chi connectivity index (χ0n) is 22.4. The second-order valence-electron chi connectivity index (χ2n) is 10.9. The van der Waals surface area contributed by atoms with Crippen LogP contribution in [0.5, 0.6) is 0 Å². The first-order chi connectivity index (χ1) is 17.7. The first-order valence-electron chi connectivity index (χ1n) is 14.5. The first-order valence-corrected chi connectivity index (χ1v) is 14.5. The number of hydrogen-bond acceptors (Lipinski definition) is 0. The SMILES string of the molecule is CCCCCCCC1CCC(CCc2ccc3cc(C#Cc4ccc(CC)cc4)ccc3c2F)CC1. The van der Waals surface area contributed by atoms with Crippen LogP contribution in [0.1, 0.15) is 107 Å². The average Bonchev–Trinajstić information content (AvgIpc) is 2.92. The van der Waals surface area contributed by atoms with Gasteiger partial charge in [-0.05, 0) is 71.9 Å². The van der Waals surface area contributed by atoms with Gasteiger partial charge in [-0.1, -0.05) is 120 Å². The third-order valence-corrected chi connectivity index (χ3v) is 8.25. The maximum Gasteiger partial charge on any atom is 0.134 e. The molecule has 1 heteroatoms. The van der Waals surface area contributed by atoms with E-state index < -0.39 is 0 Å². The third kappa shape index (κ3) is 7.46. The fourth-order valence-corrected chi connectivity index (χ4v) is 5.78. The van der Waals surface area contributed by atoms with Crippen molar-refractivity contribution in [3.63, 3.8) is 0 Å². The van der Waals surface area contributed by atoms with Crippen LogP contribution in [0.15, 0.2) is 54.6 Å². The second-order valence-corrected chi connectivity index (χ2v) is 10.9. The zero-order chi connectivity index (χ0) is 25.2. The lowest BCUT2D eigenvalue weighted by atomic mass is 9.77. The number of aryl methyl sites for hydroxylation is 2. The molecule has 3 aromatic rings. The maximum absolute atomic E-state index is 15.3. The molecule has 3 aromatic carbocycles. The van der Waals surface area contributed by atoms with Crippen molar-refractivity contribution in [2.45, 2.75) is 97.3 Å². The molecule has 0 unspecified atom stereocenters. The van der Waals surface area contributed by atoms with Crippen molar-refractivity contribution in [2.24, 2.45) is 11.8 Å². The van der Waals surface area contributed by atoms with E-state index in [-0.39, 0.29) is 5.82 Å². The number of unbranched alkanes of at least 4 members (excludes halogenated alkanes) is 4. The van der Waals surface area contributed by atoms with Crippen molar-refractivity contribution in [1.29, 1.82) is 0 Å². The van der Waals surface area contributed by atoms with Gasteiger partial charge < -0.3 is 0 Å². The first kappa shape index (κ1) is 26.5. The van der Waals surface area contributed by atoms with E-state index in [1.54, 1.807) is 0 Å². The summed E-state index contributed by atoms with van der Waals surface area (Å²) in [7, 11) is 0. The fourth-order valence-electron chi connectivity index (χ4n) is 5.78. The van der Waals surface area contributed by atoms with Gasteiger partial charge >= 0.3 is 0 Å². The Balaban J connectivity index is 1.29. The van der Waals surface area contributed by atoms with Crippen molar-refractivity contribution in [2.75, 3.05) is 0 Å². The van der Waals surface area contributed by atoms with Crippen LogP contribution in [0.25, 0.3) is 10.8 Å². The lowest BCUT2D eigenvalue weighted by molar-refractivity contribution is 0.248. The molecule has 0 saturated heterocycles. The summed E-state index contributed by atoms with van der Waals surface area (Å²) in [4.78, 5) is 0. The standard InChI is InChI=1S/C35H43F/c1-3-5-6-7-8-9-28-14-16-30(17-15-28)20-22-32-23-24-33-26-31(21-25-34(33)35(32)36)19-18-29-12-10-27(4-2)11-13-29/h10-13,21,23-26,28,30H,3-9,14-17,20,22H2,1-2H3. The minimum atomic E-state index is -0.0390. The van der Waals surface area contributed by atoms with E-state index in [4.69, 9.17) is 0 Å². The summed E-state index contributed by atoms with van der Waals surface area (Å²) in [5, 5.41) is 1.65. The molecule has 0 aliphatic heterocycles. The van der Waals surface area contributed by atoms with Crippen LogP contribution in [0.3, 0.4) is 0 Å². The Morgan fingerprint density at radius 1 is 0.722 bits per heavy atom. The van der Waals surface area contributed by atoms with E-state index >= 15 is 4.39 Å². The van der Waals surface area contributed by atoms with Crippen LogP contribution in [-0.4, -0.2) is 0 Å². The summed E-state index contributed by atoms with van der Waals surface area (Å²) in [5.41, 5.74) is 4.12. The van der Waals surface area contributed by atoms with E-state index in [0.717, 1.165) is 58.6 Å². The molecular formula is C35H43F. The normalized spacial score (nSPS) is 17.6. The molecule has 0 spiro atoms. The van der Waals surface area contributed by atoms with Gasteiger partial charge in [-0.2, -0.15) is 0 Å². The topological polar surface area (TPSA) is 0 Å². The van der Waals surface area contributed by atoms with Crippen LogP contribution in [0.4, 0.5) is 4.39 Å². The van der Waals surface area contributed by atoms with Crippen LogP contribution < -0.4 is 0 Å². The Hall–Kier alpha value is -2.59. The summed E-state index contributed by atoms with van der Waals surface area (Å²) in [6, 6.07) is 18.3. The van der Waals surface area contributed by atoms with Crippen LogP contribution in [0.2, 0.25) is 0 Å². The predicted molar refractivity (Wildman–Crippen MR) is 153 cm³/mol. The average molecular weight is 483 g/mol. The minimum Gasteiger partial charge on any atom is -0.206 e. The summed E-state index contributed by atoms with van der Waals surface area (Å²) in [5.74, 6) is 8.15. The highest BCUT2D eigenvalue weighted by Crippen LogP contribution is 2.35. The van der Waals surface area contributed by atoms with Gasteiger partial charge in [0.1, 0.15) is 5.82 Å². The minimum absolute atomic E-state index is 0.0390. The molecule has 1 saturated carbocycles. The van der Waals surface area contributed by atoms with Crippen molar-refractivity contribution >= 4 is 10.8 Å². The van der Waals surface area contributed by atoms with Crippen molar-refractivity contribution in [3.8, 4) is 11.8 Å². The predicted octanol–water partition coefficient (Wildman–Crippen LogP) is 10.0. The molecule has 0 aromatic heterocycles. The Labute approximate surface area is 218 Å². The van der Waals surface area contributed by atoms with Crippen LogP contribution >= 0.6 is 0 Å². The lowest BCUT2D eigenvalue weighted by Gasteiger charge is -2.28. The fraction of sp³-hybridized carbons (Fsp3) is 0.486. The van der Waals surface area contributed by atoms with Crippen molar-refractivity contribution in [3.05, 3.63) is 82.7 Å². The highest BCUT2D eigenvalue weighted by molar-refractivity contribution is 5.85. The molecule has 0 atom stereocenters. The number of halogens is 1. The largest absolute Gasteiger partial charge is 0.206 e. The molecular weight excluding hydrogens is 439 g/mol. The molecule has 36 heavy (non-hydrogen) atoms. The molecule has 190 valence electrons. The number of fused-ring (bicyclic) bond motifs is 1. The highest BCUT2D eigenvalue weighted by Gasteiger charge is 2.21. The molecule has 0 heterocycles. The van der Waals surface area contributed by atoms with Gasteiger partial charge in [0, 0.05) is 16.5 Å². The number of hydrogen-bond donors (Lipinski definition) is 0. The summed E-state index contributed by atoms with van der Waals surface area (Å²) in [6.07, 6.45) is 16.8. The van der Waals surface area contributed by atoms with Gasteiger partial charge in [0.05, 0.1) is 0 Å². The summed E-state index contributed by atoms with van der Waals surface area (Å²) >= 11 is 0. The quantitative estimate of drug-likeness (QED) is 0.199. The Kier molecular flexibility index (Phi) is 10.0. The molecule has 0 bridgehead atoms. The molecule has 1 aliphatic carbocycles. The van der Waals surface area contributed by atoms with Gasteiger partial charge in [-0.15, -0.1) is 0 Å². The third-order valence-electron chi connectivity index (χ3n) is 8.25. The molecule has 0 N–H and O–H groups in total. The van der Waals surface area contributed by atoms with Crippen molar-refractivity contribution < 1.29 is 4.39 Å². The summed E-state index contributed by atoms with van der Waals surface area (Å²) < 4.78 is 15.3. The van der Waals surface area contributed by atoms with E-state index in [0.29, 0.717) is 0 Å². The molecule has 4 rings (SSSR count). The highest BCUT2D eigenvalue weighted by atomic mass is 19.1. The van der Waals surface area contributed by atoms with E-state index in [2.05, 4.69) is 56.0 Å². The monoisotopic (exact) mass is 482 g/mol. The number of benzene rings is 3. The second kappa shape index (κ2) is 13.6. The molecule has 0 radical (unpaired) electrons. The lowest BCUT2D eigenvalue weighted by Crippen LogP contribution is -2.15. The van der Waals surface area contributed by atoms with Crippen molar-refractivity contribution in [1.82, 2.24) is 0 Å². The van der Waals surface area contributed by atoms with Gasteiger partial charge in [0.2, 0.25) is 0 Å². The Morgan fingerprint density at radius 3 is 2.11 bits per heavy atom. The van der Waals surface area contributed by atoms with E-state index in [1.165, 1.54) is 69.8 Å². The van der Waals surface area contributed by atoms with Gasteiger partial charge in [0.15, 0.2) is 0 Å². The van der Waals surface area contributed by atoms with E-state index in [9.17, 15) is 0 Å². The molecule has 0 nitrogen and oxygen atoms in total. The van der Waals surface area contributed by atoms with E-state index in [1.807, 2.05) is 24.3 Å². The Morgan fingerprint density at radius 2 is 1.39 bits per heavy atom. The molecule has 1 aliphatic rings. The molecule has 1 fully saturated rings. The number of rotatable bonds is 10. The van der Waals surface area contributed by atoms with Gasteiger partial charge in [-0.25, -0.2) is 4.39 Å². The van der Waals surface area contributed by atoms with Gasteiger partial charge in [0.25, 0.3) is 0 Å². The maximum atomic E-state index is 15.3. The van der Waals surface area contributed by atoms with Crippen LogP contribution in [0, 0.1) is 29.5 Å². The van der Waals surface area contributed by atoms with Crippen LogP contribution in [-0.2, 0) is 12.8 Å². The smallest absolute Gasteiger partial charge is 0.134 e. The zero-order valence-corrected chi connectivity index (χ0v) is 22.4.